The van der Waals surface area contributed by atoms with E-state index in [-0.39, 0.29) is 17.0 Å². The molecule has 1 atom stereocenters. The molecule has 0 aromatic heterocycles. The maximum absolute atomic E-state index is 13.3. The van der Waals surface area contributed by atoms with E-state index in [0.717, 1.165) is 40.4 Å². The Morgan fingerprint density at radius 2 is 1.68 bits per heavy atom. The van der Waals surface area contributed by atoms with Crippen molar-refractivity contribution in [2.45, 2.75) is 18.6 Å². The van der Waals surface area contributed by atoms with Gasteiger partial charge >= 0.3 is 6.18 Å². The zero-order valence-corrected chi connectivity index (χ0v) is 20.0. The monoisotopic (exact) mass is 508 g/mol. The van der Waals surface area contributed by atoms with Crippen LogP contribution >= 0.6 is 0 Å². The minimum Gasteiger partial charge on any atom is -0.507 e. The summed E-state index contributed by atoms with van der Waals surface area (Å²) in [5.74, 6) is -1.52. The van der Waals surface area contributed by atoms with E-state index in [4.69, 9.17) is 4.74 Å². The van der Waals surface area contributed by atoms with Gasteiger partial charge in [0.25, 0.3) is 11.7 Å². The minimum absolute atomic E-state index is 0.109. The number of nitrogens with zero attached hydrogens (tertiary/aromatic N) is 2. The highest BCUT2D eigenvalue weighted by molar-refractivity contribution is 6.51. The lowest BCUT2D eigenvalue weighted by Crippen LogP contribution is -2.29. The van der Waals surface area contributed by atoms with Crippen LogP contribution in [-0.4, -0.2) is 37.5 Å². The van der Waals surface area contributed by atoms with Crippen LogP contribution in [0.25, 0.3) is 5.76 Å². The van der Waals surface area contributed by atoms with Gasteiger partial charge in [-0.05, 0) is 65.7 Å². The Labute approximate surface area is 211 Å². The van der Waals surface area contributed by atoms with Crippen molar-refractivity contribution in [3.8, 4) is 5.75 Å². The average molecular weight is 508 g/mol. The van der Waals surface area contributed by atoms with Gasteiger partial charge in [0.2, 0.25) is 0 Å². The molecule has 1 saturated heterocycles. The van der Waals surface area contributed by atoms with Gasteiger partial charge in [0.05, 0.1) is 23.8 Å². The Kier molecular flexibility index (Phi) is 5.94. The number of ether oxygens (including phenoxy) is 1. The van der Waals surface area contributed by atoms with Gasteiger partial charge < -0.3 is 14.7 Å². The number of halogens is 3. The van der Waals surface area contributed by atoms with Crippen molar-refractivity contribution >= 4 is 28.8 Å². The van der Waals surface area contributed by atoms with Crippen molar-refractivity contribution in [2.75, 3.05) is 30.5 Å². The average Bonchev–Trinajstić information content (AvgIpc) is 3.45. The highest BCUT2D eigenvalue weighted by Crippen LogP contribution is 2.43. The molecule has 37 heavy (non-hydrogen) atoms. The lowest BCUT2D eigenvalue weighted by Gasteiger charge is -2.26. The standard InChI is InChI=1S/C28H23F3N2O4/c1-32(2)20-8-3-16(4-9-20)24-23(25(34)18-5-12-22-17(15-18)13-14-37-22)26(35)27(36)33(24)21-10-6-19(7-11-21)28(29,30)31/h3-12,15,24,34H,13-14H2,1-2H3/b25-23-. The molecule has 5 rings (SSSR count). The number of rotatable bonds is 4. The molecular formula is C28H23F3N2O4. The fourth-order valence-corrected chi connectivity index (χ4v) is 4.67. The number of carbonyl (C=O) groups excluding carboxylic acids is 2. The third kappa shape index (κ3) is 4.30. The Morgan fingerprint density at radius 1 is 1.00 bits per heavy atom. The molecule has 1 fully saturated rings. The van der Waals surface area contributed by atoms with Crippen LogP contribution < -0.4 is 14.5 Å². The van der Waals surface area contributed by atoms with E-state index >= 15 is 0 Å². The predicted molar refractivity (Wildman–Crippen MR) is 133 cm³/mol. The van der Waals surface area contributed by atoms with Crippen LogP contribution in [0.3, 0.4) is 0 Å². The summed E-state index contributed by atoms with van der Waals surface area (Å²) in [6.07, 6.45) is -3.91. The maximum atomic E-state index is 13.3. The fourth-order valence-electron chi connectivity index (χ4n) is 4.67. The van der Waals surface area contributed by atoms with Gasteiger partial charge in [-0.25, -0.2) is 0 Å². The molecule has 2 aliphatic heterocycles. The molecule has 3 aromatic rings. The lowest BCUT2D eigenvalue weighted by molar-refractivity contribution is -0.137. The van der Waals surface area contributed by atoms with E-state index in [1.54, 1.807) is 42.5 Å². The molecule has 2 aliphatic rings. The number of aliphatic hydroxyl groups is 1. The Bertz CT molecular complexity index is 1410. The van der Waals surface area contributed by atoms with Crippen molar-refractivity contribution in [2.24, 2.45) is 0 Å². The van der Waals surface area contributed by atoms with Crippen LogP contribution in [0.1, 0.15) is 28.3 Å². The van der Waals surface area contributed by atoms with Crippen LogP contribution in [0.4, 0.5) is 24.5 Å². The quantitative estimate of drug-likeness (QED) is 0.293. The van der Waals surface area contributed by atoms with Crippen LogP contribution in [0.2, 0.25) is 0 Å². The van der Waals surface area contributed by atoms with Crippen LogP contribution in [0, 0.1) is 0 Å². The van der Waals surface area contributed by atoms with E-state index in [1.165, 1.54) is 0 Å². The number of Topliss-reactive ketones (excluding diaryl/α,β-unsaturated/α-hetero) is 1. The second-order valence-electron chi connectivity index (χ2n) is 9.12. The number of benzene rings is 3. The van der Waals surface area contributed by atoms with Gasteiger partial charge in [0.1, 0.15) is 11.5 Å². The van der Waals surface area contributed by atoms with Gasteiger partial charge in [0.15, 0.2) is 0 Å². The predicted octanol–water partition coefficient (Wildman–Crippen LogP) is 5.33. The summed E-state index contributed by atoms with van der Waals surface area (Å²) in [5, 5.41) is 11.3. The molecule has 1 amide bonds. The number of fused-ring (bicyclic) bond motifs is 1. The molecule has 6 nitrogen and oxygen atoms in total. The number of hydrogen-bond acceptors (Lipinski definition) is 5. The summed E-state index contributed by atoms with van der Waals surface area (Å²) in [6.45, 7) is 0.510. The van der Waals surface area contributed by atoms with Gasteiger partial charge in [-0.1, -0.05) is 12.1 Å². The molecule has 190 valence electrons. The Morgan fingerprint density at radius 3 is 2.30 bits per heavy atom. The molecule has 1 unspecified atom stereocenters. The van der Waals surface area contributed by atoms with Crippen molar-refractivity contribution in [1.82, 2.24) is 0 Å². The zero-order valence-electron chi connectivity index (χ0n) is 20.0. The summed E-state index contributed by atoms with van der Waals surface area (Å²) >= 11 is 0. The van der Waals surface area contributed by atoms with Gasteiger partial charge in [-0.3, -0.25) is 14.5 Å². The second kappa shape index (κ2) is 8.99. The number of hydrogen-bond donors (Lipinski definition) is 1. The second-order valence-corrected chi connectivity index (χ2v) is 9.12. The highest BCUT2D eigenvalue weighted by Gasteiger charge is 2.47. The molecule has 0 saturated carbocycles. The Balaban J connectivity index is 1.66. The van der Waals surface area contributed by atoms with Crippen molar-refractivity contribution < 1.29 is 32.6 Å². The zero-order chi connectivity index (χ0) is 26.5. The van der Waals surface area contributed by atoms with Crippen LogP contribution in [0.15, 0.2) is 72.3 Å². The van der Waals surface area contributed by atoms with E-state index in [0.29, 0.717) is 29.9 Å². The summed E-state index contributed by atoms with van der Waals surface area (Å²) in [7, 11) is 3.72. The minimum atomic E-state index is -4.55. The molecule has 0 spiro atoms. The first kappa shape index (κ1) is 24.4. The maximum Gasteiger partial charge on any atom is 0.416 e. The van der Waals surface area contributed by atoms with Crippen molar-refractivity contribution in [3.63, 3.8) is 0 Å². The highest BCUT2D eigenvalue weighted by atomic mass is 19.4. The topological polar surface area (TPSA) is 70.1 Å². The van der Waals surface area contributed by atoms with E-state index in [1.807, 2.05) is 19.0 Å². The smallest absolute Gasteiger partial charge is 0.416 e. The van der Waals surface area contributed by atoms with Crippen LogP contribution in [-0.2, 0) is 22.2 Å². The normalized spacial score (nSPS) is 18.6. The molecule has 0 radical (unpaired) electrons. The molecule has 2 heterocycles. The SMILES string of the molecule is CN(C)c1ccc(C2/C(=C(/O)c3ccc4c(c3)CCO4)C(=O)C(=O)N2c2ccc(C(F)(F)F)cc2)cc1. The molecule has 0 bridgehead atoms. The number of carbonyl (C=O) groups is 2. The van der Waals surface area contributed by atoms with Gasteiger partial charge in [-0.15, -0.1) is 0 Å². The van der Waals surface area contributed by atoms with Crippen molar-refractivity contribution in [1.29, 1.82) is 0 Å². The number of aliphatic hydroxyl groups excluding tert-OH is 1. The fraction of sp³-hybridized carbons (Fsp3) is 0.214. The summed E-state index contributed by atoms with van der Waals surface area (Å²) in [4.78, 5) is 29.6. The number of alkyl halides is 3. The van der Waals surface area contributed by atoms with Gasteiger partial charge in [0, 0.05) is 37.5 Å². The lowest BCUT2D eigenvalue weighted by atomic mass is 9.94. The first-order chi connectivity index (χ1) is 17.6. The number of amides is 1. The summed E-state index contributed by atoms with van der Waals surface area (Å²) in [6, 6.07) is 15.1. The first-order valence-electron chi connectivity index (χ1n) is 11.6. The third-order valence-corrected chi connectivity index (χ3v) is 6.61. The van der Waals surface area contributed by atoms with Crippen LogP contribution in [0.5, 0.6) is 5.75 Å². The third-order valence-electron chi connectivity index (χ3n) is 6.61. The summed E-state index contributed by atoms with van der Waals surface area (Å²) in [5.41, 5.74) is 1.71. The number of ketones is 1. The molecule has 1 N–H and O–H groups in total. The molecule has 0 aliphatic carbocycles. The first-order valence-corrected chi connectivity index (χ1v) is 11.6. The number of anilines is 2. The van der Waals surface area contributed by atoms with E-state index in [2.05, 4.69) is 0 Å². The molecule has 9 heteroatoms. The van der Waals surface area contributed by atoms with Gasteiger partial charge in [-0.2, -0.15) is 13.2 Å². The summed E-state index contributed by atoms with van der Waals surface area (Å²) < 4.78 is 44.9. The van der Waals surface area contributed by atoms with Crippen molar-refractivity contribution in [3.05, 3.63) is 94.6 Å². The van der Waals surface area contributed by atoms with E-state index in [9.17, 15) is 27.9 Å². The molecule has 3 aromatic carbocycles. The largest absolute Gasteiger partial charge is 0.507 e. The molecular weight excluding hydrogens is 485 g/mol. The van der Waals surface area contributed by atoms with E-state index < -0.39 is 29.5 Å². The Hall–Kier alpha value is -4.27.